The molecule has 1 atom stereocenters. The number of hydrogen-bond acceptors (Lipinski definition) is 3. The third kappa shape index (κ3) is 1.80. The Morgan fingerprint density at radius 1 is 1.62 bits per heavy atom. The SMILES string of the molecule is CC(CC(=O)O)C1(c2ccccn2)COC1. The first-order valence-corrected chi connectivity index (χ1v) is 5.36. The third-order valence-corrected chi connectivity index (χ3v) is 3.32. The highest BCUT2D eigenvalue weighted by Crippen LogP contribution is 2.39. The lowest BCUT2D eigenvalue weighted by Crippen LogP contribution is -2.52. The zero-order chi connectivity index (χ0) is 11.6. The number of aromatic nitrogens is 1. The van der Waals surface area contributed by atoms with Crippen LogP contribution in [0.15, 0.2) is 24.4 Å². The van der Waals surface area contributed by atoms with E-state index in [0.717, 1.165) is 5.69 Å². The summed E-state index contributed by atoms with van der Waals surface area (Å²) in [7, 11) is 0. The van der Waals surface area contributed by atoms with Crippen molar-refractivity contribution in [3.63, 3.8) is 0 Å². The highest BCUT2D eigenvalue weighted by atomic mass is 16.5. The van der Waals surface area contributed by atoms with E-state index in [9.17, 15) is 4.79 Å². The molecule has 1 aromatic heterocycles. The van der Waals surface area contributed by atoms with Crippen LogP contribution < -0.4 is 0 Å². The molecular weight excluding hydrogens is 206 g/mol. The summed E-state index contributed by atoms with van der Waals surface area (Å²) in [6.45, 7) is 3.09. The molecule has 1 aliphatic heterocycles. The van der Waals surface area contributed by atoms with E-state index in [4.69, 9.17) is 9.84 Å². The predicted molar refractivity (Wildman–Crippen MR) is 58.2 cm³/mol. The van der Waals surface area contributed by atoms with Crippen LogP contribution in [0.1, 0.15) is 19.0 Å². The third-order valence-electron chi connectivity index (χ3n) is 3.32. The zero-order valence-electron chi connectivity index (χ0n) is 9.22. The molecule has 0 bridgehead atoms. The molecule has 0 aromatic carbocycles. The fraction of sp³-hybridized carbons (Fsp3) is 0.500. The second kappa shape index (κ2) is 4.22. The van der Waals surface area contributed by atoms with Gasteiger partial charge in [-0.15, -0.1) is 0 Å². The van der Waals surface area contributed by atoms with Gasteiger partial charge in [0.05, 0.1) is 24.3 Å². The Balaban J connectivity index is 2.23. The van der Waals surface area contributed by atoms with Gasteiger partial charge in [0.1, 0.15) is 0 Å². The molecule has 1 unspecified atom stereocenters. The summed E-state index contributed by atoms with van der Waals surface area (Å²) in [6.07, 6.45) is 1.89. The summed E-state index contributed by atoms with van der Waals surface area (Å²) in [4.78, 5) is 15.1. The number of carbonyl (C=O) groups is 1. The summed E-state index contributed by atoms with van der Waals surface area (Å²) >= 11 is 0. The van der Waals surface area contributed by atoms with Gasteiger partial charge < -0.3 is 9.84 Å². The fourth-order valence-electron chi connectivity index (χ4n) is 2.12. The van der Waals surface area contributed by atoms with Gasteiger partial charge in [0.15, 0.2) is 0 Å². The van der Waals surface area contributed by atoms with Gasteiger partial charge in [0.25, 0.3) is 0 Å². The van der Waals surface area contributed by atoms with E-state index in [1.807, 2.05) is 25.1 Å². The first kappa shape index (κ1) is 11.1. The van der Waals surface area contributed by atoms with Crippen LogP contribution in [0, 0.1) is 5.92 Å². The maximum atomic E-state index is 10.8. The van der Waals surface area contributed by atoms with Crippen LogP contribution in [0.5, 0.6) is 0 Å². The minimum absolute atomic E-state index is 0.0358. The number of hydrogen-bond donors (Lipinski definition) is 1. The molecule has 16 heavy (non-hydrogen) atoms. The first-order valence-electron chi connectivity index (χ1n) is 5.36. The van der Waals surface area contributed by atoms with Gasteiger partial charge >= 0.3 is 5.97 Å². The van der Waals surface area contributed by atoms with Crippen LogP contribution in [0.3, 0.4) is 0 Å². The van der Waals surface area contributed by atoms with Crippen molar-refractivity contribution >= 4 is 5.97 Å². The average Bonchev–Trinajstić information content (AvgIpc) is 2.16. The highest BCUT2D eigenvalue weighted by Gasteiger charge is 2.46. The molecule has 0 aliphatic carbocycles. The Labute approximate surface area is 94.3 Å². The molecule has 86 valence electrons. The molecule has 2 rings (SSSR count). The van der Waals surface area contributed by atoms with Gasteiger partial charge in [0.2, 0.25) is 0 Å². The maximum Gasteiger partial charge on any atom is 0.303 e. The Bertz CT molecular complexity index is 373. The Hall–Kier alpha value is -1.42. The van der Waals surface area contributed by atoms with Crippen LogP contribution in [-0.2, 0) is 14.9 Å². The summed E-state index contributed by atoms with van der Waals surface area (Å²) in [5, 5.41) is 8.85. The summed E-state index contributed by atoms with van der Waals surface area (Å²) in [5.74, 6) is -0.733. The minimum Gasteiger partial charge on any atom is -0.481 e. The van der Waals surface area contributed by atoms with Crippen molar-refractivity contribution in [2.45, 2.75) is 18.8 Å². The minimum atomic E-state index is -0.769. The molecule has 4 heteroatoms. The molecule has 0 amide bonds. The largest absolute Gasteiger partial charge is 0.481 e. The van der Waals surface area contributed by atoms with Crippen LogP contribution in [-0.4, -0.2) is 29.3 Å². The topological polar surface area (TPSA) is 59.4 Å². The van der Waals surface area contributed by atoms with Crippen molar-refractivity contribution in [1.29, 1.82) is 0 Å². The van der Waals surface area contributed by atoms with Crippen LogP contribution in [0.4, 0.5) is 0 Å². The second-order valence-corrected chi connectivity index (χ2v) is 4.36. The number of rotatable bonds is 4. The molecule has 1 N–H and O–H groups in total. The van der Waals surface area contributed by atoms with E-state index in [1.165, 1.54) is 0 Å². The van der Waals surface area contributed by atoms with E-state index in [2.05, 4.69) is 4.98 Å². The van der Waals surface area contributed by atoms with E-state index in [-0.39, 0.29) is 17.8 Å². The molecule has 0 radical (unpaired) electrons. The van der Waals surface area contributed by atoms with Gasteiger partial charge in [-0.25, -0.2) is 0 Å². The van der Waals surface area contributed by atoms with E-state index in [1.54, 1.807) is 6.20 Å². The molecule has 2 heterocycles. The summed E-state index contributed by atoms with van der Waals surface area (Å²) < 4.78 is 5.26. The van der Waals surface area contributed by atoms with Gasteiger partial charge in [-0.3, -0.25) is 9.78 Å². The number of ether oxygens (including phenoxy) is 1. The number of nitrogens with zero attached hydrogens (tertiary/aromatic N) is 1. The average molecular weight is 221 g/mol. The Morgan fingerprint density at radius 2 is 2.38 bits per heavy atom. The summed E-state index contributed by atoms with van der Waals surface area (Å²) in [5.41, 5.74) is 0.731. The number of carboxylic acid groups (broad SMARTS) is 1. The monoisotopic (exact) mass is 221 g/mol. The Morgan fingerprint density at radius 3 is 2.81 bits per heavy atom. The first-order chi connectivity index (χ1) is 7.65. The van der Waals surface area contributed by atoms with Crippen LogP contribution in [0.25, 0.3) is 0 Å². The number of pyridine rings is 1. The van der Waals surface area contributed by atoms with E-state index < -0.39 is 5.97 Å². The van der Waals surface area contributed by atoms with Gasteiger partial charge in [-0.2, -0.15) is 0 Å². The zero-order valence-corrected chi connectivity index (χ0v) is 9.22. The lowest BCUT2D eigenvalue weighted by atomic mass is 9.70. The smallest absolute Gasteiger partial charge is 0.303 e. The molecule has 1 fully saturated rings. The second-order valence-electron chi connectivity index (χ2n) is 4.36. The lowest BCUT2D eigenvalue weighted by Gasteiger charge is -2.45. The molecule has 4 nitrogen and oxygen atoms in total. The van der Waals surface area contributed by atoms with Crippen LogP contribution >= 0.6 is 0 Å². The quantitative estimate of drug-likeness (QED) is 0.836. The number of carboxylic acids is 1. The highest BCUT2D eigenvalue weighted by molar-refractivity contribution is 5.67. The number of aliphatic carboxylic acids is 1. The molecule has 1 aliphatic rings. The normalized spacial score (nSPS) is 19.8. The van der Waals surface area contributed by atoms with Gasteiger partial charge in [-0.05, 0) is 18.1 Å². The predicted octanol–water partition coefficient (Wildman–Crippen LogP) is 1.46. The molecule has 1 saturated heterocycles. The molecule has 0 saturated carbocycles. The molecule has 0 spiro atoms. The standard InChI is InChI=1S/C12H15NO3/c1-9(6-11(14)15)12(7-16-8-12)10-4-2-3-5-13-10/h2-5,9H,6-8H2,1H3,(H,14,15). The van der Waals surface area contributed by atoms with Gasteiger partial charge in [0, 0.05) is 12.6 Å². The van der Waals surface area contributed by atoms with E-state index in [0.29, 0.717) is 13.2 Å². The Kier molecular flexibility index (Phi) is 2.92. The fourth-order valence-corrected chi connectivity index (χ4v) is 2.12. The molecular formula is C12H15NO3. The van der Waals surface area contributed by atoms with Crippen molar-refractivity contribution in [3.8, 4) is 0 Å². The van der Waals surface area contributed by atoms with Crippen molar-refractivity contribution in [1.82, 2.24) is 4.98 Å². The lowest BCUT2D eigenvalue weighted by molar-refractivity contribution is -0.142. The summed E-state index contributed by atoms with van der Waals surface area (Å²) in [6, 6.07) is 5.73. The van der Waals surface area contributed by atoms with Crippen LogP contribution in [0.2, 0.25) is 0 Å². The van der Waals surface area contributed by atoms with Crippen molar-refractivity contribution in [2.24, 2.45) is 5.92 Å². The van der Waals surface area contributed by atoms with Crippen molar-refractivity contribution in [3.05, 3.63) is 30.1 Å². The molecule has 1 aromatic rings. The van der Waals surface area contributed by atoms with E-state index >= 15 is 0 Å². The van der Waals surface area contributed by atoms with Crippen molar-refractivity contribution < 1.29 is 14.6 Å². The van der Waals surface area contributed by atoms with Crippen molar-refractivity contribution in [2.75, 3.05) is 13.2 Å². The maximum absolute atomic E-state index is 10.8. The van der Waals surface area contributed by atoms with Gasteiger partial charge in [-0.1, -0.05) is 13.0 Å².